The van der Waals surface area contributed by atoms with Crippen molar-refractivity contribution in [1.82, 2.24) is 14.5 Å². The predicted molar refractivity (Wildman–Crippen MR) is 111 cm³/mol. The number of piperazine rings is 1. The second-order valence-electron chi connectivity index (χ2n) is 7.06. The fourth-order valence-electron chi connectivity index (χ4n) is 3.19. The summed E-state index contributed by atoms with van der Waals surface area (Å²) in [6.45, 7) is 4.59. The number of carbonyl (C=O) groups is 1. The Morgan fingerprint density at radius 2 is 1.70 bits per heavy atom. The molecule has 2 aromatic carbocycles. The van der Waals surface area contributed by atoms with E-state index in [4.69, 9.17) is 4.74 Å². The molecule has 1 amide bonds. The van der Waals surface area contributed by atoms with Gasteiger partial charge in [-0.15, -0.1) is 0 Å². The van der Waals surface area contributed by atoms with Gasteiger partial charge >= 0.3 is 0 Å². The van der Waals surface area contributed by atoms with Gasteiger partial charge in [-0.1, -0.05) is 18.2 Å². The molecule has 1 aliphatic heterocycles. The number of benzene rings is 2. The molecule has 0 saturated carbocycles. The molecule has 1 saturated heterocycles. The van der Waals surface area contributed by atoms with Gasteiger partial charge in [0.1, 0.15) is 11.6 Å². The lowest BCUT2D eigenvalue weighted by atomic mass is 10.3. The Labute approximate surface area is 176 Å². The van der Waals surface area contributed by atoms with Crippen LogP contribution in [0.15, 0.2) is 59.5 Å². The van der Waals surface area contributed by atoms with Crippen LogP contribution in [0, 0.1) is 5.82 Å². The maximum absolute atomic E-state index is 13.0. The average Bonchev–Trinajstić information content (AvgIpc) is 2.75. The summed E-state index contributed by atoms with van der Waals surface area (Å²) < 4.78 is 45.3. The van der Waals surface area contributed by atoms with Crippen molar-refractivity contribution in [3.8, 4) is 5.75 Å². The van der Waals surface area contributed by atoms with Crippen molar-refractivity contribution in [2.45, 2.75) is 17.9 Å². The van der Waals surface area contributed by atoms with Gasteiger partial charge in [-0.3, -0.25) is 9.69 Å². The quantitative estimate of drug-likeness (QED) is 0.683. The molecule has 30 heavy (non-hydrogen) atoms. The Morgan fingerprint density at radius 3 is 2.33 bits per heavy atom. The molecule has 1 atom stereocenters. The highest BCUT2D eigenvalue weighted by Gasteiger charge is 2.28. The van der Waals surface area contributed by atoms with Gasteiger partial charge in [-0.25, -0.2) is 12.8 Å². The standard InChI is InChI=1S/C21H26FN3O4S/c1-17(29-19-5-3-2-4-6-19)21(26)23-11-12-24-13-15-25(16-14-24)30(27,28)20-9-7-18(22)8-10-20/h2-10,17H,11-16H2,1H3,(H,23,26). The monoisotopic (exact) mass is 435 g/mol. The van der Waals surface area contributed by atoms with Gasteiger partial charge in [0, 0.05) is 39.3 Å². The maximum atomic E-state index is 13.0. The second kappa shape index (κ2) is 10.0. The number of sulfonamides is 1. The molecule has 1 N–H and O–H groups in total. The highest BCUT2D eigenvalue weighted by molar-refractivity contribution is 7.89. The van der Waals surface area contributed by atoms with Crippen LogP contribution in [-0.4, -0.2) is 68.9 Å². The third-order valence-electron chi connectivity index (χ3n) is 4.94. The summed E-state index contributed by atoms with van der Waals surface area (Å²) in [4.78, 5) is 14.4. The van der Waals surface area contributed by atoms with E-state index in [1.807, 2.05) is 18.2 Å². The van der Waals surface area contributed by atoms with Gasteiger partial charge in [0.15, 0.2) is 6.10 Å². The number of ether oxygens (including phenoxy) is 1. The molecular weight excluding hydrogens is 409 g/mol. The van der Waals surface area contributed by atoms with E-state index in [0.29, 0.717) is 45.0 Å². The van der Waals surface area contributed by atoms with E-state index in [-0.39, 0.29) is 10.8 Å². The molecule has 162 valence electrons. The Hall–Kier alpha value is -2.49. The summed E-state index contributed by atoms with van der Waals surface area (Å²) in [6, 6.07) is 14.0. The van der Waals surface area contributed by atoms with E-state index < -0.39 is 21.9 Å². The lowest BCUT2D eigenvalue weighted by molar-refractivity contribution is -0.127. The Morgan fingerprint density at radius 1 is 1.07 bits per heavy atom. The molecule has 0 spiro atoms. The van der Waals surface area contributed by atoms with Crippen LogP contribution < -0.4 is 10.1 Å². The van der Waals surface area contributed by atoms with Crippen molar-refractivity contribution < 1.29 is 22.3 Å². The van der Waals surface area contributed by atoms with Crippen LogP contribution in [0.2, 0.25) is 0 Å². The van der Waals surface area contributed by atoms with Crippen molar-refractivity contribution in [3.05, 3.63) is 60.4 Å². The molecule has 0 aromatic heterocycles. The normalized spacial score (nSPS) is 16.7. The summed E-state index contributed by atoms with van der Waals surface area (Å²) >= 11 is 0. The first kappa shape index (κ1) is 22.2. The first-order chi connectivity index (χ1) is 14.4. The summed E-state index contributed by atoms with van der Waals surface area (Å²) in [5.74, 6) is -0.0284. The number of halogens is 1. The molecule has 0 aliphatic carbocycles. The molecule has 0 bridgehead atoms. The summed E-state index contributed by atoms with van der Waals surface area (Å²) in [7, 11) is -3.62. The van der Waals surface area contributed by atoms with Crippen LogP contribution in [0.4, 0.5) is 4.39 Å². The van der Waals surface area contributed by atoms with Gasteiger partial charge < -0.3 is 10.1 Å². The van der Waals surface area contributed by atoms with E-state index in [1.54, 1.807) is 19.1 Å². The lowest BCUT2D eigenvalue weighted by Gasteiger charge is -2.34. The average molecular weight is 436 g/mol. The molecule has 0 radical (unpaired) electrons. The van der Waals surface area contributed by atoms with Gasteiger partial charge in [0.25, 0.3) is 5.91 Å². The van der Waals surface area contributed by atoms with Gasteiger partial charge in [0.05, 0.1) is 4.90 Å². The van der Waals surface area contributed by atoms with E-state index >= 15 is 0 Å². The molecule has 9 heteroatoms. The van der Waals surface area contributed by atoms with E-state index in [2.05, 4.69) is 10.2 Å². The third kappa shape index (κ3) is 5.78. The topological polar surface area (TPSA) is 79.0 Å². The number of carbonyl (C=O) groups excluding carboxylic acids is 1. The number of nitrogens with zero attached hydrogens (tertiary/aromatic N) is 2. The highest BCUT2D eigenvalue weighted by Crippen LogP contribution is 2.18. The lowest BCUT2D eigenvalue weighted by Crippen LogP contribution is -2.50. The van der Waals surface area contributed by atoms with E-state index in [0.717, 1.165) is 12.1 Å². The van der Waals surface area contributed by atoms with Gasteiger partial charge in [-0.2, -0.15) is 4.31 Å². The van der Waals surface area contributed by atoms with E-state index in [1.165, 1.54) is 16.4 Å². The van der Waals surface area contributed by atoms with Crippen molar-refractivity contribution in [3.63, 3.8) is 0 Å². The molecular formula is C21H26FN3O4S. The minimum Gasteiger partial charge on any atom is -0.481 e. The summed E-state index contributed by atoms with van der Waals surface area (Å²) in [5.41, 5.74) is 0. The first-order valence-corrected chi connectivity index (χ1v) is 11.3. The van der Waals surface area contributed by atoms with Crippen LogP contribution >= 0.6 is 0 Å². The van der Waals surface area contributed by atoms with Crippen LogP contribution in [0.3, 0.4) is 0 Å². The number of hydrogen-bond acceptors (Lipinski definition) is 5. The first-order valence-electron chi connectivity index (χ1n) is 9.84. The molecule has 1 aliphatic rings. The van der Waals surface area contributed by atoms with Crippen LogP contribution in [0.25, 0.3) is 0 Å². The number of hydrogen-bond donors (Lipinski definition) is 1. The van der Waals surface area contributed by atoms with Gasteiger partial charge in [0.2, 0.25) is 10.0 Å². The minimum absolute atomic E-state index is 0.0945. The zero-order chi connectivity index (χ0) is 21.6. The van der Waals surface area contributed by atoms with Crippen LogP contribution in [0.5, 0.6) is 5.75 Å². The van der Waals surface area contributed by atoms with Crippen molar-refractivity contribution in [2.75, 3.05) is 39.3 Å². The number of rotatable bonds is 8. The number of amides is 1. The Kier molecular flexibility index (Phi) is 7.41. The predicted octanol–water partition coefficient (Wildman–Crippen LogP) is 1.72. The zero-order valence-electron chi connectivity index (χ0n) is 16.8. The van der Waals surface area contributed by atoms with Crippen molar-refractivity contribution >= 4 is 15.9 Å². The Bertz CT molecular complexity index is 930. The second-order valence-corrected chi connectivity index (χ2v) is 9.00. The smallest absolute Gasteiger partial charge is 0.260 e. The fraction of sp³-hybridized carbons (Fsp3) is 0.381. The molecule has 7 nitrogen and oxygen atoms in total. The van der Waals surface area contributed by atoms with Crippen LogP contribution in [0.1, 0.15) is 6.92 Å². The molecule has 1 unspecified atom stereocenters. The Balaban J connectivity index is 1.40. The van der Waals surface area contributed by atoms with Gasteiger partial charge in [-0.05, 0) is 43.3 Å². The van der Waals surface area contributed by atoms with Crippen molar-refractivity contribution in [2.24, 2.45) is 0 Å². The third-order valence-corrected chi connectivity index (χ3v) is 6.85. The van der Waals surface area contributed by atoms with E-state index in [9.17, 15) is 17.6 Å². The number of para-hydroxylation sites is 1. The minimum atomic E-state index is -3.62. The zero-order valence-corrected chi connectivity index (χ0v) is 17.6. The molecule has 1 heterocycles. The maximum Gasteiger partial charge on any atom is 0.260 e. The van der Waals surface area contributed by atoms with Crippen LogP contribution in [-0.2, 0) is 14.8 Å². The largest absolute Gasteiger partial charge is 0.481 e. The SMILES string of the molecule is CC(Oc1ccccc1)C(=O)NCCN1CCN(S(=O)(=O)c2ccc(F)cc2)CC1. The summed E-state index contributed by atoms with van der Waals surface area (Å²) in [6.07, 6.45) is -0.606. The van der Waals surface area contributed by atoms with Crippen molar-refractivity contribution in [1.29, 1.82) is 0 Å². The fourth-order valence-corrected chi connectivity index (χ4v) is 4.61. The molecule has 1 fully saturated rings. The number of nitrogens with one attached hydrogen (secondary N) is 1. The molecule has 2 aromatic rings. The summed E-state index contributed by atoms with van der Waals surface area (Å²) in [5, 5.41) is 2.85. The molecule has 3 rings (SSSR count). The highest BCUT2D eigenvalue weighted by atomic mass is 32.2.